The summed E-state index contributed by atoms with van der Waals surface area (Å²) in [6, 6.07) is 13.8. The van der Waals surface area contributed by atoms with E-state index in [-0.39, 0.29) is 11.6 Å². The van der Waals surface area contributed by atoms with Gasteiger partial charge in [0.15, 0.2) is 6.61 Å². The number of nitriles is 1. The zero-order valence-corrected chi connectivity index (χ0v) is 11.3. The van der Waals surface area contributed by atoms with E-state index in [9.17, 15) is 4.39 Å². The van der Waals surface area contributed by atoms with Crippen LogP contribution in [0.4, 0.5) is 10.1 Å². The van der Waals surface area contributed by atoms with Crippen molar-refractivity contribution in [3.63, 3.8) is 0 Å². The number of anilines is 1. The predicted octanol–water partition coefficient (Wildman–Crippen LogP) is 3.99. The standard InChI is InChI=1S/C15H12ClFN2O/c16-14-9-11(1-6-15(14)17)10-19-12-2-4-13(5-3-12)20-8-7-18/h1-6,9,19H,8,10H2. The lowest BCUT2D eigenvalue weighted by Crippen LogP contribution is -2.00. The van der Waals surface area contributed by atoms with E-state index in [1.807, 2.05) is 18.2 Å². The second-order valence-corrected chi connectivity index (χ2v) is 4.48. The zero-order valence-electron chi connectivity index (χ0n) is 10.6. The molecule has 20 heavy (non-hydrogen) atoms. The molecule has 0 spiro atoms. The summed E-state index contributed by atoms with van der Waals surface area (Å²) < 4.78 is 18.2. The van der Waals surface area contributed by atoms with Gasteiger partial charge in [-0.2, -0.15) is 5.26 Å². The molecule has 0 saturated carbocycles. The molecule has 0 saturated heterocycles. The first-order valence-corrected chi connectivity index (χ1v) is 6.34. The van der Waals surface area contributed by atoms with Crippen LogP contribution in [0.3, 0.4) is 0 Å². The van der Waals surface area contributed by atoms with Gasteiger partial charge in [0.2, 0.25) is 0 Å². The van der Waals surface area contributed by atoms with E-state index in [0.717, 1.165) is 11.3 Å². The maximum atomic E-state index is 13.0. The maximum absolute atomic E-state index is 13.0. The average molecular weight is 291 g/mol. The molecular weight excluding hydrogens is 279 g/mol. The Balaban J connectivity index is 1.93. The summed E-state index contributed by atoms with van der Waals surface area (Å²) in [6.45, 7) is 0.569. The zero-order chi connectivity index (χ0) is 14.4. The molecule has 1 N–H and O–H groups in total. The summed E-state index contributed by atoms with van der Waals surface area (Å²) in [5, 5.41) is 11.7. The summed E-state index contributed by atoms with van der Waals surface area (Å²) in [4.78, 5) is 0. The molecule has 0 aliphatic carbocycles. The second kappa shape index (κ2) is 6.78. The minimum atomic E-state index is -0.422. The van der Waals surface area contributed by atoms with Crippen LogP contribution in [0.1, 0.15) is 5.56 Å². The third-order valence-electron chi connectivity index (χ3n) is 2.64. The van der Waals surface area contributed by atoms with Gasteiger partial charge in [0.25, 0.3) is 0 Å². The molecule has 102 valence electrons. The van der Waals surface area contributed by atoms with Crippen LogP contribution in [0.5, 0.6) is 5.75 Å². The Bertz CT molecular complexity index is 623. The first kappa shape index (κ1) is 14.2. The number of benzene rings is 2. The lowest BCUT2D eigenvalue weighted by Gasteiger charge is -2.08. The Labute approximate surface area is 121 Å². The maximum Gasteiger partial charge on any atom is 0.174 e. The number of ether oxygens (including phenoxy) is 1. The van der Waals surface area contributed by atoms with Crippen LogP contribution < -0.4 is 10.1 Å². The molecule has 0 atom stereocenters. The van der Waals surface area contributed by atoms with Gasteiger partial charge in [0, 0.05) is 12.2 Å². The van der Waals surface area contributed by atoms with Crippen molar-refractivity contribution < 1.29 is 9.13 Å². The number of halogens is 2. The number of rotatable bonds is 5. The molecule has 0 fully saturated rings. The number of nitrogens with one attached hydrogen (secondary N) is 1. The predicted molar refractivity (Wildman–Crippen MR) is 76.3 cm³/mol. The smallest absolute Gasteiger partial charge is 0.174 e. The van der Waals surface area contributed by atoms with Crippen molar-refractivity contribution in [1.29, 1.82) is 5.26 Å². The monoisotopic (exact) mass is 290 g/mol. The minimum absolute atomic E-state index is 0.0286. The Morgan fingerprint density at radius 2 is 1.95 bits per heavy atom. The molecule has 0 bridgehead atoms. The highest BCUT2D eigenvalue weighted by atomic mass is 35.5. The molecule has 0 heterocycles. The van der Waals surface area contributed by atoms with E-state index in [4.69, 9.17) is 21.6 Å². The van der Waals surface area contributed by atoms with E-state index in [0.29, 0.717) is 12.3 Å². The average Bonchev–Trinajstić information content (AvgIpc) is 2.47. The third-order valence-corrected chi connectivity index (χ3v) is 2.93. The quantitative estimate of drug-likeness (QED) is 0.905. The highest BCUT2D eigenvalue weighted by Crippen LogP contribution is 2.19. The number of hydrogen-bond donors (Lipinski definition) is 1. The normalized spacial score (nSPS) is 9.85. The molecular formula is C15H12ClFN2O. The number of nitrogens with zero attached hydrogens (tertiary/aromatic N) is 1. The van der Waals surface area contributed by atoms with Crippen LogP contribution >= 0.6 is 11.6 Å². The third kappa shape index (κ3) is 3.87. The molecule has 0 aliphatic rings. The summed E-state index contributed by atoms with van der Waals surface area (Å²) in [5.74, 6) is 0.219. The largest absolute Gasteiger partial charge is 0.479 e. The molecule has 0 amide bonds. The lowest BCUT2D eigenvalue weighted by atomic mass is 10.2. The molecule has 0 radical (unpaired) electrons. The summed E-state index contributed by atoms with van der Waals surface area (Å²) >= 11 is 5.72. The van der Waals surface area contributed by atoms with Crippen molar-refractivity contribution in [1.82, 2.24) is 0 Å². The van der Waals surface area contributed by atoms with Crippen molar-refractivity contribution in [3.8, 4) is 11.8 Å². The molecule has 3 nitrogen and oxygen atoms in total. The number of hydrogen-bond acceptors (Lipinski definition) is 3. The molecule has 5 heteroatoms. The molecule has 2 aromatic carbocycles. The summed E-state index contributed by atoms with van der Waals surface area (Å²) in [6.07, 6.45) is 0. The van der Waals surface area contributed by atoms with Gasteiger partial charge in [0.1, 0.15) is 17.6 Å². The highest BCUT2D eigenvalue weighted by molar-refractivity contribution is 6.30. The van der Waals surface area contributed by atoms with Crippen molar-refractivity contribution in [2.24, 2.45) is 0 Å². The molecule has 2 rings (SSSR count). The second-order valence-electron chi connectivity index (χ2n) is 4.07. The van der Waals surface area contributed by atoms with Gasteiger partial charge >= 0.3 is 0 Å². The van der Waals surface area contributed by atoms with Gasteiger partial charge in [0.05, 0.1) is 5.02 Å². The van der Waals surface area contributed by atoms with Gasteiger partial charge in [-0.05, 0) is 42.0 Å². The van der Waals surface area contributed by atoms with E-state index < -0.39 is 5.82 Å². The Morgan fingerprint density at radius 1 is 1.20 bits per heavy atom. The lowest BCUT2D eigenvalue weighted by molar-refractivity contribution is 0.368. The molecule has 0 aliphatic heterocycles. The first-order valence-electron chi connectivity index (χ1n) is 5.96. The summed E-state index contributed by atoms with van der Waals surface area (Å²) in [7, 11) is 0. The fraction of sp³-hybridized carbons (Fsp3) is 0.133. The fourth-order valence-electron chi connectivity index (χ4n) is 1.64. The van der Waals surface area contributed by atoms with Gasteiger partial charge in [-0.1, -0.05) is 17.7 Å². The van der Waals surface area contributed by atoms with Crippen molar-refractivity contribution in [2.45, 2.75) is 6.54 Å². The van der Waals surface area contributed by atoms with E-state index in [1.54, 1.807) is 24.3 Å². The first-order chi connectivity index (χ1) is 9.69. The molecule has 0 unspecified atom stereocenters. The van der Waals surface area contributed by atoms with Gasteiger partial charge in [-0.3, -0.25) is 0 Å². The van der Waals surface area contributed by atoms with Crippen LogP contribution in [0.15, 0.2) is 42.5 Å². The van der Waals surface area contributed by atoms with E-state index in [2.05, 4.69) is 5.32 Å². The van der Waals surface area contributed by atoms with Crippen LogP contribution in [-0.4, -0.2) is 6.61 Å². The van der Waals surface area contributed by atoms with E-state index in [1.165, 1.54) is 6.07 Å². The van der Waals surface area contributed by atoms with Gasteiger partial charge in [-0.25, -0.2) is 4.39 Å². The Morgan fingerprint density at radius 3 is 2.60 bits per heavy atom. The SMILES string of the molecule is N#CCOc1ccc(NCc2ccc(F)c(Cl)c2)cc1. The van der Waals surface area contributed by atoms with Crippen LogP contribution in [0, 0.1) is 17.1 Å². The van der Waals surface area contributed by atoms with Crippen LogP contribution in [0.25, 0.3) is 0 Å². The van der Waals surface area contributed by atoms with Crippen LogP contribution in [-0.2, 0) is 6.54 Å². The fourth-order valence-corrected chi connectivity index (χ4v) is 1.84. The van der Waals surface area contributed by atoms with Crippen molar-refractivity contribution in [2.75, 3.05) is 11.9 Å². The van der Waals surface area contributed by atoms with Crippen LogP contribution in [0.2, 0.25) is 5.02 Å². The topological polar surface area (TPSA) is 45.0 Å². The molecule has 2 aromatic rings. The van der Waals surface area contributed by atoms with Crippen molar-refractivity contribution in [3.05, 3.63) is 58.9 Å². The highest BCUT2D eigenvalue weighted by Gasteiger charge is 2.01. The summed E-state index contributed by atoms with van der Waals surface area (Å²) in [5.41, 5.74) is 1.79. The van der Waals surface area contributed by atoms with Crippen molar-refractivity contribution >= 4 is 17.3 Å². The molecule has 0 aromatic heterocycles. The van der Waals surface area contributed by atoms with E-state index >= 15 is 0 Å². The van der Waals surface area contributed by atoms with Gasteiger partial charge in [-0.15, -0.1) is 0 Å². The minimum Gasteiger partial charge on any atom is -0.479 e. The Hall–Kier alpha value is -2.25. The Kier molecular flexibility index (Phi) is 4.80. The van der Waals surface area contributed by atoms with Gasteiger partial charge < -0.3 is 10.1 Å².